The van der Waals surface area contributed by atoms with E-state index in [0.29, 0.717) is 18.9 Å². The summed E-state index contributed by atoms with van der Waals surface area (Å²) < 4.78 is 136. The topological polar surface area (TPSA) is 87.0 Å². The molecule has 5 rings (SSSR count). The lowest BCUT2D eigenvalue weighted by atomic mass is 9.72. The van der Waals surface area contributed by atoms with Crippen LogP contribution in [0.1, 0.15) is 48.8 Å². The Morgan fingerprint density at radius 2 is 1.54 bits per heavy atom. The molecule has 3 atom stereocenters. The molecule has 0 aromatic heterocycles. The van der Waals surface area contributed by atoms with Gasteiger partial charge >= 0.3 is 18.0 Å². The third-order valence-electron chi connectivity index (χ3n) is 8.64. The monoisotopic (exact) mass is 606 g/mol. The predicted molar refractivity (Wildman–Crippen MR) is 127 cm³/mol. The fourth-order valence-electron chi connectivity index (χ4n) is 6.41. The second-order valence-electron chi connectivity index (χ2n) is 10.8. The Kier molecular flexibility index (Phi) is 6.53. The number of rotatable bonds is 5. The Balaban J connectivity index is 1.67. The number of hydrogen-bond acceptors (Lipinski definition) is 4. The number of alkyl halides is 7. The molecule has 0 heterocycles. The number of aryl methyl sites for hydroxylation is 1. The van der Waals surface area contributed by atoms with Crippen LogP contribution >= 0.6 is 0 Å². The van der Waals surface area contributed by atoms with E-state index < -0.39 is 67.3 Å². The van der Waals surface area contributed by atoms with Crippen molar-refractivity contribution in [2.75, 3.05) is 0 Å². The van der Waals surface area contributed by atoms with Crippen LogP contribution in [-0.4, -0.2) is 32.2 Å². The average molecular weight is 607 g/mol. The first-order chi connectivity index (χ1) is 18.9. The van der Waals surface area contributed by atoms with E-state index in [0.717, 1.165) is 30.3 Å². The average Bonchev–Trinajstić information content (AvgIpc) is 3.54. The van der Waals surface area contributed by atoms with E-state index in [9.17, 15) is 53.6 Å². The van der Waals surface area contributed by atoms with Crippen LogP contribution in [0, 0.1) is 29.0 Å². The van der Waals surface area contributed by atoms with Gasteiger partial charge in [0.2, 0.25) is 5.91 Å². The molecule has 0 spiro atoms. The highest BCUT2D eigenvalue weighted by atomic mass is 32.2. The van der Waals surface area contributed by atoms with Crippen molar-refractivity contribution >= 4 is 15.7 Å². The summed E-state index contributed by atoms with van der Waals surface area (Å²) in [6.07, 6.45) is -12.5. The molecule has 0 saturated heterocycles. The number of fused-ring (bicyclic) bond motifs is 3. The summed E-state index contributed by atoms with van der Waals surface area (Å²) in [6.45, 7) is 0. The van der Waals surface area contributed by atoms with Gasteiger partial charge in [0, 0.05) is 11.5 Å². The van der Waals surface area contributed by atoms with E-state index in [-0.39, 0.29) is 47.8 Å². The van der Waals surface area contributed by atoms with Gasteiger partial charge < -0.3 is 5.32 Å². The van der Waals surface area contributed by atoms with Crippen molar-refractivity contribution in [3.05, 3.63) is 65.0 Å². The van der Waals surface area contributed by atoms with E-state index in [1.165, 1.54) is 0 Å². The SMILES string of the molecule is N#CC1(NC(=O)[C@@H]2CC[C@@]3(S(=O)(=O)c4ccc(F)cc4)c4ccc(C(F)(C(F)(F)F)C(F)(F)F)cc4CC[C@@H]23)CC1. The number of amides is 1. The minimum absolute atomic E-state index is 0.0161. The molecule has 220 valence electrons. The molecule has 2 aromatic carbocycles. The van der Waals surface area contributed by atoms with Gasteiger partial charge in [-0.15, -0.1) is 0 Å². The normalized spacial score (nSPS) is 25.5. The van der Waals surface area contributed by atoms with Crippen molar-refractivity contribution in [1.82, 2.24) is 5.32 Å². The summed E-state index contributed by atoms with van der Waals surface area (Å²) in [5, 5.41) is 12.0. The van der Waals surface area contributed by atoms with Gasteiger partial charge in [-0.1, -0.05) is 18.2 Å². The molecule has 14 heteroatoms. The Morgan fingerprint density at radius 1 is 0.927 bits per heavy atom. The highest BCUT2D eigenvalue weighted by Gasteiger charge is 2.74. The molecule has 3 aliphatic carbocycles. The molecule has 1 N–H and O–H groups in total. The molecule has 0 unspecified atom stereocenters. The molecular formula is C27H22F8N2O3S. The third-order valence-corrected chi connectivity index (χ3v) is 11.2. The minimum atomic E-state index is -6.36. The summed E-state index contributed by atoms with van der Waals surface area (Å²) in [7, 11) is -4.55. The van der Waals surface area contributed by atoms with Crippen LogP contribution < -0.4 is 5.32 Å². The first-order valence-electron chi connectivity index (χ1n) is 12.6. The van der Waals surface area contributed by atoms with Gasteiger partial charge in [0.15, 0.2) is 9.84 Å². The molecule has 5 nitrogen and oxygen atoms in total. The van der Waals surface area contributed by atoms with Gasteiger partial charge in [-0.3, -0.25) is 4.79 Å². The van der Waals surface area contributed by atoms with Crippen LogP contribution in [0.25, 0.3) is 0 Å². The zero-order chi connectivity index (χ0) is 30.2. The van der Waals surface area contributed by atoms with E-state index >= 15 is 0 Å². The molecule has 0 bridgehead atoms. The standard InChI is InChI=1S/C27H22F8N2O3S/c28-17-3-5-18(6-4-17)41(39,40)24-10-9-19(22(38)37-23(14-36)11-12-23)21(24)7-1-15-13-16(2-8-20(15)24)25(29,26(30,31)32)27(33,34)35/h2-6,8,13,19,21H,1,7,9-12H2,(H,37,38)/t19-,21+,24-/m1/s1. The van der Waals surface area contributed by atoms with Crippen molar-refractivity contribution in [3.63, 3.8) is 0 Å². The zero-order valence-electron chi connectivity index (χ0n) is 21.0. The third kappa shape index (κ3) is 4.21. The zero-order valence-corrected chi connectivity index (χ0v) is 21.9. The van der Waals surface area contributed by atoms with Gasteiger partial charge in [-0.2, -0.15) is 31.6 Å². The van der Waals surface area contributed by atoms with E-state index in [2.05, 4.69) is 5.32 Å². The van der Waals surface area contributed by atoms with Crippen LogP contribution in [0.4, 0.5) is 35.1 Å². The van der Waals surface area contributed by atoms with Gasteiger partial charge in [0.1, 0.15) is 16.1 Å². The molecule has 2 aromatic rings. The van der Waals surface area contributed by atoms with E-state index in [1.54, 1.807) is 0 Å². The molecule has 3 aliphatic rings. The number of hydrogen-bond donors (Lipinski definition) is 1. The maximum atomic E-state index is 14.9. The number of nitriles is 1. The van der Waals surface area contributed by atoms with Gasteiger partial charge in [0.05, 0.1) is 11.0 Å². The van der Waals surface area contributed by atoms with Crippen LogP contribution in [0.5, 0.6) is 0 Å². The predicted octanol–water partition coefficient (Wildman–Crippen LogP) is 5.93. The number of carbonyl (C=O) groups excluding carboxylic acids is 1. The van der Waals surface area contributed by atoms with Gasteiger partial charge in [0.25, 0.3) is 0 Å². The van der Waals surface area contributed by atoms with E-state index in [1.807, 2.05) is 6.07 Å². The number of benzene rings is 2. The lowest BCUT2D eigenvalue weighted by Gasteiger charge is -2.42. The molecule has 2 saturated carbocycles. The second-order valence-corrected chi connectivity index (χ2v) is 13.1. The lowest BCUT2D eigenvalue weighted by molar-refractivity contribution is -0.348. The first-order valence-corrected chi connectivity index (χ1v) is 14.1. The number of nitrogens with one attached hydrogen (secondary N) is 1. The van der Waals surface area contributed by atoms with Crippen molar-refractivity contribution in [2.24, 2.45) is 11.8 Å². The van der Waals surface area contributed by atoms with Crippen molar-refractivity contribution in [3.8, 4) is 6.07 Å². The molecule has 41 heavy (non-hydrogen) atoms. The summed E-state index contributed by atoms with van der Waals surface area (Å²) in [6, 6.07) is 7.20. The Labute approximate surface area is 229 Å². The minimum Gasteiger partial charge on any atom is -0.338 e. The summed E-state index contributed by atoms with van der Waals surface area (Å²) in [5.41, 5.74) is -8.87. The Morgan fingerprint density at radius 3 is 2.07 bits per heavy atom. The maximum absolute atomic E-state index is 14.9. The number of carbonyl (C=O) groups is 1. The van der Waals surface area contributed by atoms with E-state index in [4.69, 9.17) is 0 Å². The maximum Gasteiger partial charge on any atom is 0.435 e. The summed E-state index contributed by atoms with van der Waals surface area (Å²) in [4.78, 5) is 12.9. The highest BCUT2D eigenvalue weighted by Crippen LogP contribution is 2.60. The Bertz CT molecular complexity index is 1530. The molecular weight excluding hydrogens is 584 g/mol. The number of halogens is 8. The smallest absolute Gasteiger partial charge is 0.338 e. The number of nitrogens with zero attached hydrogens (tertiary/aromatic N) is 1. The highest BCUT2D eigenvalue weighted by molar-refractivity contribution is 7.92. The second kappa shape index (κ2) is 9.14. The first kappa shape index (κ1) is 29.3. The largest absolute Gasteiger partial charge is 0.435 e. The lowest BCUT2D eigenvalue weighted by Crippen LogP contribution is -2.51. The van der Waals surface area contributed by atoms with Crippen LogP contribution in [-0.2, 0) is 31.5 Å². The fourth-order valence-corrected chi connectivity index (χ4v) is 8.88. The van der Waals surface area contributed by atoms with Crippen LogP contribution in [0.2, 0.25) is 0 Å². The molecule has 0 radical (unpaired) electrons. The van der Waals surface area contributed by atoms with Crippen LogP contribution in [0.3, 0.4) is 0 Å². The van der Waals surface area contributed by atoms with Crippen molar-refractivity contribution < 1.29 is 48.3 Å². The van der Waals surface area contributed by atoms with Crippen molar-refractivity contribution in [2.45, 2.75) is 71.7 Å². The van der Waals surface area contributed by atoms with Gasteiger partial charge in [-0.25, -0.2) is 17.2 Å². The quantitative estimate of drug-likeness (QED) is 0.338. The molecule has 1 amide bonds. The number of sulfone groups is 1. The fraction of sp³-hybridized carbons (Fsp3) is 0.481. The summed E-state index contributed by atoms with van der Waals surface area (Å²) in [5.74, 6) is -3.26. The van der Waals surface area contributed by atoms with Crippen LogP contribution in [0.15, 0.2) is 47.4 Å². The van der Waals surface area contributed by atoms with Gasteiger partial charge in [-0.05, 0) is 79.8 Å². The molecule has 0 aliphatic heterocycles. The molecule has 2 fully saturated rings. The summed E-state index contributed by atoms with van der Waals surface area (Å²) >= 11 is 0. The Hall–Kier alpha value is -3.21. The van der Waals surface area contributed by atoms with Crippen molar-refractivity contribution in [1.29, 1.82) is 5.26 Å².